The monoisotopic (exact) mass is 361 g/mol. The highest BCUT2D eigenvalue weighted by Crippen LogP contribution is 2.28. The molecule has 0 radical (unpaired) electrons. The Hall–Kier alpha value is -2.28. The van der Waals surface area contributed by atoms with E-state index >= 15 is 0 Å². The zero-order valence-electron chi connectivity index (χ0n) is 15.6. The Morgan fingerprint density at radius 1 is 0.885 bits per heavy atom. The second-order valence-electron chi connectivity index (χ2n) is 6.73. The number of nitrogens with zero attached hydrogens (tertiary/aromatic N) is 3. The van der Waals surface area contributed by atoms with Crippen molar-refractivity contribution in [2.45, 2.75) is 12.8 Å². The van der Waals surface area contributed by atoms with E-state index in [0.717, 1.165) is 39.0 Å². The van der Waals surface area contributed by atoms with Crippen LogP contribution in [0.4, 0.5) is 0 Å². The molecule has 3 rings (SSSR count). The summed E-state index contributed by atoms with van der Waals surface area (Å²) < 4.78 is 10.5. The number of rotatable bonds is 5. The molecule has 7 heteroatoms. The van der Waals surface area contributed by atoms with Gasteiger partial charge in [-0.1, -0.05) is 0 Å². The summed E-state index contributed by atoms with van der Waals surface area (Å²) in [6, 6.07) is 5.22. The Morgan fingerprint density at radius 2 is 1.54 bits per heavy atom. The maximum absolute atomic E-state index is 12.7. The topological polar surface area (TPSA) is 62.3 Å². The number of likely N-dealkylation sites (tertiary alicyclic amines) is 1. The Balaban J connectivity index is 1.54. The molecule has 0 aliphatic carbocycles. The van der Waals surface area contributed by atoms with Crippen LogP contribution in [-0.2, 0) is 4.79 Å². The summed E-state index contributed by atoms with van der Waals surface area (Å²) >= 11 is 0. The van der Waals surface area contributed by atoms with E-state index in [1.54, 1.807) is 32.4 Å². The minimum atomic E-state index is -0.0172. The summed E-state index contributed by atoms with van der Waals surface area (Å²) in [7, 11) is 3.13. The summed E-state index contributed by atoms with van der Waals surface area (Å²) in [6.07, 6.45) is 2.22. The molecule has 2 aliphatic heterocycles. The second kappa shape index (κ2) is 8.40. The maximum atomic E-state index is 12.7. The quantitative estimate of drug-likeness (QED) is 0.786. The van der Waals surface area contributed by atoms with Crippen LogP contribution in [0.5, 0.6) is 11.5 Å². The van der Waals surface area contributed by atoms with E-state index in [1.807, 2.05) is 9.80 Å². The Bertz CT molecular complexity index is 650. The normalized spacial score (nSPS) is 18.1. The first-order valence-electron chi connectivity index (χ1n) is 9.14. The Morgan fingerprint density at radius 3 is 2.15 bits per heavy atom. The number of carbonyl (C=O) groups excluding carboxylic acids is 2. The van der Waals surface area contributed by atoms with E-state index in [0.29, 0.717) is 36.7 Å². The molecule has 1 aromatic carbocycles. The number of hydrogen-bond donors (Lipinski definition) is 0. The van der Waals surface area contributed by atoms with Gasteiger partial charge in [0.15, 0.2) is 11.5 Å². The minimum absolute atomic E-state index is 0.0172. The lowest BCUT2D eigenvalue weighted by Crippen LogP contribution is -2.51. The van der Waals surface area contributed by atoms with Crippen molar-refractivity contribution in [3.8, 4) is 11.5 Å². The van der Waals surface area contributed by atoms with Crippen LogP contribution >= 0.6 is 0 Å². The lowest BCUT2D eigenvalue weighted by atomic mass is 10.1. The number of benzene rings is 1. The van der Waals surface area contributed by atoms with Gasteiger partial charge in [0.1, 0.15) is 0 Å². The number of methoxy groups -OCH3 is 2. The van der Waals surface area contributed by atoms with Crippen molar-refractivity contribution < 1.29 is 19.1 Å². The summed E-state index contributed by atoms with van der Waals surface area (Å²) in [6.45, 7) is 4.92. The Kier molecular flexibility index (Phi) is 5.98. The predicted octanol–water partition coefficient (Wildman–Crippen LogP) is 1.08. The standard InChI is InChI=1S/C19H27N3O4/c1-25-16-6-5-15(13-17(16)26-2)19(24)22-11-9-20(10-12-22)14-18(23)21-7-3-4-8-21/h5-6,13H,3-4,7-12,14H2,1-2H3. The highest BCUT2D eigenvalue weighted by Gasteiger charge is 2.26. The van der Waals surface area contributed by atoms with Gasteiger partial charge in [-0.3, -0.25) is 14.5 Å². The van der Waals surface area contributed by atoms with E-state index in [1.165, 1.54) is 0 Å². The lowest BCUT2D eigenvalue weighted by molar-refractivity contribution is -0.131. The van der Waals surface area contributed by atoms with Crippen molar-refractivity contribution in [3.63, 3.8) is 0 Å². The van der Waals surface area contributed by atoms with Gasteiger partial charge in [-0.2, -0.15) is 0 Å². The van der Waals surface area contributed by atoms with Gasteiger partial charge in [-0.25, -0.2) is 0 Å². The van der Waals surface area contributed by atoms with Gasteiger partial charge in [0.05, 0.1) is 20.8 Å². The first kappa shape index (κ1) is 18.5. The molecule has 0 bridgehead atoms. The largest absolute Gasteiger partial charge is 0.493 e. The fourth-order valence-electron chi connectivity index (χ4n) is 3.52. The van der Waals surface area contributed by atoms with Crippen molar-refractivity contribution in [2.75, 3.05) is 60.0 Å². The molecule has 2 fully saturated rings. The number of ether oxygens (including phenoxy) is 2. The average Bonchev–Trinajstić information content (AvgIpc) is 3.22. The molecule has 0 unspecified atom stereocenters. The van der Waals surface area contributed by atoms with Crippen LogP contribution < -0.4 is 9.47 Å². The van der Waals surface area contributed by atoms with Crippen LogP contribution in [-0.4, -0.2) is 86.5 Å². The molecule has 0 N–H and O–H groups in total. The third-order valence-electron chi connectivity index (χ3n) is 5.11. The van der Waals surface area contributed by atoms with E-state index < -0.39 is 0 Å². The first-order valence-corrected chi connectivity index (χ1v) is 9.14. The fourth-order valence-corrected chi connectivity index (χ4v) is 3.52. The molecule has 142 valence electrons. The van der Waals surface area contributed by atoms with Gasteiger partial charge in [0.2, 0.25) is 5.91 Å². The third kappa shape index (κ3) is 4.09. The molecule has 0 spiro atoms. The van der Waals surface area contributed by atoms with Crippen LogP contribution in [0.15, 0.2) is 18.2 Å². The molecular weight excluding hydrogens is 334 g/mol. The van der Waals surface area contributed by atoms with Crippen LogP contribution in [0.2, 0.25) is 0 Å². The number of piperazine rings is 1. The molecule has 2 saturated heterocycles. The van der Waals surface area contributed by atoms with E-state index in [9.17, 15) is 9.59 Å². The summed E-state index contributed by atoms with van der Waals surface area (Å²) in [5, 5.41) is 0. The van der Waals surface area contributed by atoms with Crippen LogP contribution in [0.1, 0.15) is 23.2 Å². The third-order valence-corrected chi connectivity index (χ3v) is 5.11. The molecule has 2 heterocycles. The fraction of sp³-hybridized carbons (Fsp3) is 0.579. The van der Waals surface area contributed by atoms with Gasteiger partial charge in [-0.05, 0) is 31.0 Å². The highest BCUT2D eigenvalue weighted by molar-refractivity contribution is 5.95. The molecular formula is C19H27N3O4. The van der Waals surface area contributed by atoms with Crippen LogP contribution in [0.25, 0.3) is 0 Å². The summed E-state index contributed by atoms with van der Waals surface area (Å²) in [4.78, 5) is 30.9. The average molecular weight is 361 g/mol. The van der Waals surface area contributed by atoms with Crippen LogP contribution in [0.3, 0.4) is 0 Å². The van der Waals surface area contributed by atoms with Gasteiger partial charge < -0.3 is 19.3 Å². The van der Waals surface area contributed by atoms with E-state index in [-0.39, 0.29) is 11.8 Å². The molecule has 0 atom stereocenters. The first-order chi connectivity index (χ1) is 12.6. The maximum Gasteiger partial charge on any atom is 0.254 e. The van der Waals surface area contributed by atoms with Gasteiger partial charge in [0.25, 0.3) is 5.91 Å². The number of hydrogen-bond acceptors (Lipinski definition) is 5. The van der Waals surface area contributed by atoms with Crippen LogP contribution in [0, 0.1) is 0 Å². The highest BCUT2D eigenvalue weighted by atomic mass is 16.5. The van der Waals surface area contributed by atoms with E-state index in [2.05, 4.69) is 4.90 Å². The lowest BCUT2D eigenvalue weighted by Gasteiger charge is -2.35. The van der Waals surface area contributed by atoms with Crippen molar-refractivity contribution in [2.24, 2.45) is 0 Å². The van der Waals surface area contributed by atoms with Crippen molar-refractivity contribution in [3.05, 3.63) is 23.8 Å². The minimum Gasteiger partial charge on any atom is -0.493 e. The van der Waals surface area contributed by atoms with Crippen molar-refractivity contribution in [1.29, 1.82) is 0 Å². The molecule has 0 aromatic heterocycles. The molecule has 7 nitrogen and oxygen atoms in total. The molecule has 0 saturated carbocycles. The zero-order valence-corrected chi connectivity index (χ0v) is 15.6. The molecule has 1 aromatic rings. The summed E-state index contributed by atoms with van der Waals surface area (Å²) in [5.41, 5.74) is 0.587. The van der Waals surface area contributed by atoms with Gasteiger partial charge >= 0.3 is 0 Å². The number of amides is 2. The van der Waals surface area contributed by atoms with Crippen molar-refractivity contribution in [1.82, 2.24) is 14.7 Å². The van der Waals surface area contributed by atoms with Gasteiger partial charge in [0, 0.05) is 44.8 Å². The predicted molar refractivity (Wildman–Crippen MR) is 97.7 cm³/mol. The summed E-state index contributed by atoms with van der Waals surface area (Å²) in [5.74, 6) is 1.35. The van der Waals surface area contributed by atoms with Crippen molar-refractivity contribution >= 4 is 11.8 Å². The molecule has 2 amide bonds. The molecule has 2 aliphatic rings. The number of carbonyl (C=O) groups is 2. The zero-order chi connectivity index (χ0) is 18.5. The smallest absolute Gasteiger partial charge is 0.254 e. The SMILES string of the molecule is COc1ccc(C(=O)N2CCN(CC(=O)N3CCCC3)CC2)cc1OC. The second-order valence-corrected chi connectivity index (χ2v) is 6.73. The van der Waals surface area contributed by atoms with Gasteiger partial charge in [-0.15, -0.1) is 0 Å². The van der Waals surface area contributed by atoms with E-state index in [4.69, 9.17) is 9.47 Å². The molecule has 26 heavy (non-hydrogen) atoms. The Labute approximate surface area is 154 Å².